The van der Waals surface area contributed by atoms with Gasteiger partial charge in [-0.15, -0.1) is 0 Å². The summed E-state index contributed by atoms with van der Waals surface area (Å²) >= 11 is 0. The van der Waals surface area contributed by atoms with Crippen molar-refractivity contribution in [3.63, 3.8) is 0 Å². The van der Waals surface area contributed by atoms with Crippen LogP contribution in [0.1, 0.15) is 41.7 Å². The van der Waals surface area contributed by atoms with Gasteiger partial charge in [-0.3, -0.25) is 15.2 Å². The van der Waals surface area contributed by atoms with Gasteiger partial charge in [0.25, 0.3) is 5.91 Å². The van der Waals surface area contributed by atoms with Gasteiger partial charge in [-0.2, -0.15) is 0 Å². The summed E-state index contributed by atoms with van der Waals surface area (Å²) < 4.78 is 0. The van der Waals surface area contributed by atoms with E-state index in [2.05, 4.69) is 10.3 Å². The first kappa shape index (κ1) is 11.3. The molecule has 3 rings (SSSR count). The van der Waals surface area contributed by atoms with Crippen LogP contribution >= 0.6 is 0 Å². The monoisotopic (exact) mass is 244 g/mol. The van der Waals surface area contributed by atoms with Crippen LogP contribution in [0.25, 0.3) is 0 Å². The third kappa shape index (κ3) is 2.13. The molecule has 0 aliphatic heterocycles. The lowest BCUT2D eigenvalue weighted by Gasteiger charge is -2.09. The van der Waals surface area contributed by atoms with E-state index in [9.17, 15) is 4.79 Å². The van der Waals surface area contributed by atoms with Crippen LogP contribution in [0.15, 0.2) is 18.3 Å². The molecule has 0 spiro atoms. The maximum absolute atomic E-state index is 11.8. The van der Waals surface area contributed by atoms with E-state index in [-0.39, 0.29) is 17.4 Å². The molecule has 94 valence electrons. The molecule has 2 aliphatic rings. The minimum Gasteiger partial charge on any atom is -0.320 e. The minimum atomic E-state index is -0.268. The van der Waals surface area contributed by atoms with Crippen molar-refractivity contribution in [1.29, 1.82) is 5.41 Å². The van der Waals surface area contributed by atoms with Crippen LogP contribution in [-0.2, 0) is 5.54 Å². The molecular formula is C13H16N4O. The van der Waals surface area contributed by atoms with Crippen LogP contribution in [0.2, 0.25) is 0 Å². The van der Waals surface area contributed by atoms with Gasteiger partial charge in [0.1, 0.15) is 5.84 Å². The lowest BCUT2D eigenvalue weighted by Crippen LogP contribution is -2.31. The van der Waals surface area contributed by atoms with E-state index < -0.39 is 0 Å². The van der Waals surface area contributed by atoms with Crippen LogP contribution in [-0.4, -0.2) is 16.7 Å². The van der Waals surface area contributed by atoms with E-state index in [1.54, 1.807) is 6.07 Å². The second-order valence-corrected chi connectivity index (χ2v) is 5.23. The summed E-state index contributed by atoms with van der Waals surface area (Å²) in [5, 5.41) is 10.3. The molecular weight excluding hydrogens is 228 g/mol. The van der Waals surface area contributed by atoms with Gasteiger partial charge in [-0.05, 0) is 37.8 Å². The molecule has 5 nitrogen and oxygen atoms in total. The van der Waals surface area contributed by atoms with Gasteiger partial charge in [0.2, 0.25) is 0 Å². The highest BCUT2D eigenvalue weighted by atomic mass is 16.1. The molecule has 1 amide bonds. The quantitative estimate of drug-likeness (QED) is 0.550. The van der Waals surface area contributed by atoms with Gasteiger partial charge >= 0.3 is 0 Å². The third-order valence-electron chi connectivity index (χ3n) is 3.56. The van der Waals surface area contributed by atoms with Crippen molar-refractivity contribution >= 4 is 11.7 Å². The Labute approximate surface area is 105 Å². The normalized spacial score (nSPS) is 20.3. The molecule has 0 saturated heterocycles. The van der Waals surface area contributed by atoms with Crippen LogP contribution in [0.5, 0.6) is 0 Å². The van der Waals surface area contributed by atoms with E-state index >= 15 is 0 Å². The zero-order chi connectivity index (χ0) is 12.8. The Morgan fingerprint density at radius 2 is 2.17 bits per heavy atom. The van der Waals surface area contributed by atoms with E-state index in [0.717, 1.165) is 31.4 Å². The number of rotatable bonds is 3. The van der Waals surface area contributed by atoms with Crippen molar-refractivity contribution in [1.82, 2.24) is 10.3 Å². The smallest absolute Gasteiger partial charge is 0.258 e. The average molecular weight is 244 g/mol. The molecule has 0 aromatic carbocycles. The van der Waals surface area contributed by atoms with Crippen LogP contribution < -0.4 is 11.1 Å². The lowest BCUT2D eigenvalue weighted by molar-refractivity contribution is 0.0975. The lowest BCUT2D eigenvalue weighted by atomic mass is 10.1. The Morgan fingerprint density at radius 1 is 1.44 bits per heavy atom. The summed E-state index contributed by atoms with van der Waals surface area (Å²) in [6, 6.07) is 3.54. The molecule has 1 aromatic rings. The predicted molar refractivity (Wildman–Crippen MR) is 67.3 cm³/mol. The number of pyridine rings is 1. The molecule has 2 fully saturated rings. The van der Waals surface area contributed by atoms with Crippen molar-refractivity contribution in [2.24, 2.45) is 11.7 Å². The summed E-state index contributed by atoms with van der Waals surface area (Å²) in [7, 11) is 0. The van der Waals surface area contributed by atoms with Crippen LogP contribution in [0, 0.1) is 11.3 Å². The number of carbonyl (C=O) groups excluding carboxylic acids is 1. The number of nitrogens with zero attached hydrogens (tertiary/aromatic N) is 1. The molecule has 18 heavy (non-hydrogen) atoms. The number of amides is 1. The number of aromatic nitrogens is 1. The van der Waals surface area contributed by atoms with Crippen LogP contribution in [0.4, 0.5) is 0 Å². The molecule has 2 aliphatic carbocycles. The second kappa shape index (κ2) is 3.88. The molecule has 0 radical (unpaired) electrons. The highest BCUT2D eigenvalue weighted by Crippen LogP contribution is 2.41. The molecule has 0 atom stereocenters. The number of hydrogen-bond donors (Lipinski definition) is 3. The summed E-state index contributed by atoms with van der Waals surface area (Å²) in [5.41, 5.74) is 7.08. The van der Waals surface area contributed by atoms with E-state index in [4.69, 9.17) is 11.1 Å². The molecule has 4 N–H and O–H groups in total. The van der Waals surface area contributed by atoms with Gasteiger partial charge in [-0.25, -0.2) is 0 Å². The first-order valence-electron chi connectivity index (χ1n) is 6.24. The second-order valence-electron chi connectivity index (χ2n) is 5.23. The molecule has 0 unspecified atom stereocenters. The number of carbonyl (C=O) groups is 1. The maximum Gasteiger partial charge on any atom is 0.258 e. The predicted octanol–water partition coefficient (Wildman–Crippen LogP) is 1.15. The Bertz CT molecular complexity index is 500. The number of nitrogens with one attached hydrogen (secondary N) is 2. The summed E-state index contributed by atoms with van der Waals surface area (Å²) in [6.07, 6.45) is 5.46. The fourth-order valence-corrected chi connectivity index (χ4v) is 1.88. The maximum atomic E-state index is 11.8. The number of hydrogen-bond acceptors (Lipinski definition) is 4. The zero-order valence-corrected chi connectivity index (χ0v) is 10.1. The topological polar surface area (TPSA) is 91.9 Å². The summed E-state index contributed by atoms with van der Waals surface area (Å²) in [5.74, 6) is 0.314. The minimum absolute atomic E-state index is 0.250. The standard InChI is InChI=1S/C13H16N4O/c14-11(8-1-2-8)17-12(18)9-3-4-10(16-7-9)13(15)5-6-13/h3-4,7-8H,1-2,5-6,15H2,(H2,14,17,18). The van der Waals surface area contributed by atoms with Gasteiger partial charge in [0, 0.05) is 12.1 Å². The van der Waals surface area contributed by atoms with E-state index in [0.29, 0.717) is 11.4 Å². The van der Waals surface area contributed by atoms with Crippen molar-refractivity contribution in [3.05, 3.63) is 29.6 Å². The van der Waals surface area contributed by atoms with E-state index in [1.807, 2.05) is 6.07 Å². The molecule has 5 heteroatoms. The van der Waals surface area contributed by atoms with Crippen molar-refractivity contribution in [2.45, 2.75) is 31.2 Å². The SMILES string of the molecule is N=C(NC(=O)c1ccc(C2(N)CC2)nc1)C1CC1. The zero-order valence-electron chi connectivity index (χ0n) is 10.1. The largest absolute Gasteiger partial charge is 0.320 e. The van der Waals surface area contributed by atoms with Gasteiger partial charge in [-0.1, -0.05) is 0 Å². The van der Waals surface area contributed by atoms with E-state index in [1.165, 1.54) is 6.20 Å². The van der Waals surface area contributed by atoms with Crippen LogP contribution in [0.3, 0.4) is 0 Å². The molecule has 1 heterocycles. The average Bonchev–Trinajstić information content (AvgIpc) is 3.24. The highest BCUT2D eigenvalue weighted by Gasteiger charge is 2.41. The van der Waals surface area contributed by atoms with Gasteiger partial charge < -0.3 is 11.1 Å². The van der Waals surface area contributed by atoms with Crippen molar-refractivity contribution in [2.75, 3.05) is 0 Å². The summed E-state index contributed by atoms with van der Waals surface area (Å²) in [4.78, 5) is 16.1. The molecule has 2 saturated carbocycles. The Morgan fingerprint density at radius 3 is 2.67 bits per heavy atom. The Balaban J connectivity index is 1.68. The van der Waals surface area contributed by atoms with Crippen molar-refractivity contribution in [3.8, 4) is 0 Å². The third-order valence-corrected chi connectivity index (χ3v) is 3.56. The molecule has 1 aromatic heterocycles. The number of nitrogens with two attached hydrogens (primary N) is 1. The Hall–Kier alpha value is -1.75. The highest BCUT2D eigenvalue weighted by molar-refractivity contribution is 6.06. The van der Waals surface area contributed by atoms with Gasteiger partial charge in [0.05, 0.1) is 16.8 Å². The van der Waals surface area contributed by atoms with Gasteiger partial charge in [0.15, 0.2) is 0 Å². The number of amidine groups is 1. The Kier molecular flexibility index (Phi) is 2.45. The fourth-order valence-electron chi connectivity index (χ4n) is 1.88. The fraction of sp³-hybridized carbons (Fsp3) is 0.462. The molecule has 0 bridgehead atoms. The van der Waals surface area contributed by atoms with Crippen molar-refractivity contribution < 1.29 is 4.79 Å². The first-order valence-corrected chi connectivity index (χ1v) is 6.24. The first-order chi connectivity index (χ1) is 8.58. The summed E-state index contributed by atoms with van der Waals surface area (Å²) in [6.45, 7) is 0.